The van der Waals surface area contributed by atoms with E-state index in [0.717, 1.165) is 52.5 Å². The molecule has 136 valence electrons. The lowest BCUT2D eigenvalue weighted by Gasteiger charge is -2.18. The Morgan fingerprint density at radius 2 is 2.07 bits per heavy atom. The van der Waals surface area contributed by atoms with Gasteiger partial charge < -0.3 is 14.6 Å². The quantitative estimate of drug-likeness (QED) is 0.595. The molecule has 8 heteroatoms. The van der Waals surface area contributed by atoms with Crippen molar-refractivity contribution in [3.63, 3.8) is 0 Å². The Morgan fingerprint density at radius 1 is 1.26 bits per heavy atom. The molecule has 1 aliphatic rings. The van der Waals surface area contributed by atoms with E-state index in [4.69, 9.17) is 14.6 Å². The molecule has 0 spiro atoms. The zero-order valence-corrected chi connectivity index (χ0v) is 14.4. The van der Waals surface area contributed by atoms with Gasteiger partial charge in [-0.1, -0.05) is 0 Å². The van der Waals surface area contributed by atoms with Gasteiger partial charge in [-0.15, -0.1) is 0 Å². The van der Waals surface area contributed by atoms with Crippen molar-refractivity contribution in [1.29, 1.82) is 0 Å². The topological polar surface area (TPSA) is 117 Å². The first-order valence-electron chi connectivity index (χ1n) is 8.79. The van der Waals surface area contributed by atoms with Crippen LogP contribution in [0.4, 0.5) is 0 Å². The zero-order valence-electron chi connectivity index (χ0n) is 14.4. The van der Waals surface area contributed by atoms with Crippen molar-refractivity contribution in [2.75, 3.05) is 0 Å². The van der Waals surface area contributed by atoms with Gasteiger partial charge in [-0.2, -0.15) is 0 Å². The minimum absolute atomic E-state index is 0.0885. The summed E-state index contributed by atoms with van der Waals surface area (Å²) in [5, 5.41) is 0.776. The highest BCUT2D eigenvalue weighted by molar-refractivity contribution is 6.04. The summed E-state index contributed by atoms with van der Waals surface area (Å²) in [5.74, 6) is 0.0552. The number of carbonyl (C=O) groups is 1. The van der Waals surface area contributed by atoms with Crippen LogP contribution in [0, 0.1) is 0 Å². The van der Waals surface area contributed by atoms with Gasteiger partial charge in [-0.05, 0) is 48.9 Å². The molecule has 4 heterocycles. The molecule has 0 saturated carbocycles. The zero-order chi connectivity index (χ0) is 18.5. The van der Waals surface area contributed by atoms with Crippen LogP contribution in [0.5, 0.6) is 0 Å². The number of furan rings is 2. The van der Waals surface area contributed by atoms with E-state index in [-0.39, 0.29) is 12.1 Å². The summed E-state index contributed by atoms with van der Waals surface area (Å²) in [6.45, 7) is -0.248. The number of carbonyl (C=O) groups excluding carboxylic acids is 1. The van der Waals surface area contributed by atoms with Crippen molar-refractivity contribution in [1.82, 2.24) is 14.5 Å². The van der Waals surface area contributed by atoms with E-state index in [1.807, 2.05) is 12.1 Å². The lowest BCUT2D eigenvalue weighted by molar-refractivity contribution is -0.118. The molecule has 0 radical (unpaired) electrons. The third-order valence-corrected chi connectivity index (χ3v) is 5.00. The second kappa shape index (κ2) is 5.80. The fourth-order valence-corrected chi connectivity index (χ4v) is 3.85. The largest absolute Gasteiger partial charge is 0.463 e. The maximum atomic E-state index is 12.7. The Hall–Kier alpha value is -3.42. The number of nitrogens with zero attached hydrogens (tertiary/aromatic N) is 3. The van der Waals surface area contributed by atoms with E-state index in [2.05, 4.69) is 9.97 Å². The number of hydrogen-bond acceptors (Lipinski definition) is 6. The van der Waals surface area contributed by atoms with Crippen LogP contribution in [0.25, 0.3) is 33.7 Å². The summed E-state index contributed by atoms with van der Waals surface area (Å²) < 4.78 is 12.5. The number of aromatic nitrogens is 3. The van der Waals surface area contributed by atoms with E-state index in [1.54, 1.807) is 6.26 Å². The number of primary amides is 1. The number of aryl methyl sites for hydroxylation is 1. The summed E-state index contributed by atoms with van der Waals surface area (Å²) in [6.07, 6.45) is 6.82. The Balaban J connectivity index is 1.85. The number of rotatable bonds is 3. The molecule has 1 amide bonds. The molecule has 8 nitrogen and oxygen atoms in total. The molecule has 4 aromatic rings. The average Bonchev–Trinajstić information content (AvgIpc) is 3.31. The lowest BCUT2D eigenvalue weighted by Crippen LogP contribution is -2.27. The van der Waals surface area contributed by atoms with Gasteiger partial charge in [0.05, 0.1) is 18.0 Å². The van der Waals surface area contributed by atoms with Gasteiger partial charge in [0.2, 0.25) is 17.2 Å². The number of nitrogens with two attached hydrogens (primary N) is 1. The summed E-state index contributed by atoms with van der Waals surface area (Å²) in [5.41, 5.74) is 8.66. The van der Waals surface area contributed by atoms with Crippen LogP contribution in [0.3, 0.4) is 0 Å². The first kappa shape index (κ1) is 15.8. The Labute approximate surface area is 152 Å². The van der Waals surface area contributed by atoms with Crippen molar-refractivity contribution in [3.05, 3.63) is 46.2 Å². The molecule has 1 aliphatic carbocycles. The van der Waals surface area contributed by atoms with Crippen LogP contribution in [0.1, 0.15) is 24.0 Å². The highest BCUT2D eigenvalue weighted by Crippen LogP contribution is 2.38. The first-order chi connectivity index (χ1) is 13.1. The molecule has 2 N–H and O–H groups in total. The van der Waals surface area contributed by atoms with Crippen LogP contribution >= 0.6 is 0 Å². The fraction of sp³-hybridized carbons (Fsp3) is 0.263. The highest BCUT2D eigenvalue weighted by atomic mass is 16.3. The second-order valence-corrected chi connectivity index (χ2v) is 6.71. The third kappa shape index (κ3) is 2.37. The van der Waals surface area contributed by atoms with Crippen molar-refractivity contribution >= 4 is 28.1 Å². The minimum Gasteiger partial charge on any atom is -0.463 e. The molecular formula is C19H16N4O4. The van der Waals surface area contributed by atoms with E-state index < -0.39 is 11.5 Å². The SMILES string of the molecule is NC(=O)Cn1cnc2c(oc3nc(-c4ccco4)c4c(c32)CCCC4)c1=O. The molecule has 0 aliphatic heterocycles. The standard InChI is InChI=1S/C19H16N4O4/c20-13(24)8-23-9-21-16-14-10-4-1-2-5-11(10)15(12-6-3-7-26-12)22-18(14)27-17(16)19(23)25/h3,6-7,9H,1-2,4-5,8H2,(H2,20,24). The summed E-state index contributed by atoms with van der Waals surface area (Å²) in [7, 11) is 0. The van der Waals surface area contributed by atoms with Crippen LogP contribution in [0.2, 0.25) is 0 Å². The second-order valence-electron chi connectivity index (χ2n) is 6.71. The van der Waals surface area contributed by atoms with Crippen molar-refractivity contribution < 1.29 is 13.6 Å². The van der Waals surface area contributed by atoms with Crippen LogP contribution < -0.4 is 11.3 Å². The van der Waals surface area contributed by atoms with Gasteiger partial charge in [0.15, 0.2) is 5.76 Å². The molecule has 0 bridgehead atoms. The van der Waals surface area contributed by atoms with Gasteiger partial charge in [-0.3, -0.25) is 14.2 Å². The predicted molar refractivity (Wildman–Crippen MR) is 97.1 cm³/mol. The number of pyridine rings is 1. The summed E-state index contributed by atoms with van der Waals surface area (Å²) in [6, 6.07) is 3.68. The maximum absolute atomic E-state index is 12.7. The van der Waals surface area contributed by atoms with Crippen molar-refractivity contribution in [2.24, 2.45) is 5.73 Å². The monoisotopic (exact) mass is 364 g/mol. The van der Waals surface area contributed by atoms with Crippen LogP contribution in [0.15, 0.2) is 38.4 Å². The van der Waals surface area contributed by atoms with E-state index >= 15 is 0 Å². The summed E-state index contributed by atoms with van der Waals surface area (Å²) >= 11 is 0. The lowest BCUT2D eigenvalue weighted by atomic mass is 9.88. The number of amides is 1. The molecule has 0 saturated heterocycles. The van der Waals surface area contributed by atoms with Gasteiger partial charge >= 0.3 is 0 Å². The average molecular weight is 364 g/mol. The fourth-order valence-electron chi connectivity index (χ4n) is 3.85. The van der Waals surface area contributed by atoms with Crippen molar-refractivity contribution in [2.45, 2.75) is 32.2 Å². The van der Waals surface area contributed by atoms with Gasteiger partial charge in [0.1, 0.15) is 17.8 Å². The Bertz CT molecular complexity index is 1250. The summed E-state index contributed by atoms with van der Waals surface area (Å²) in [4.78, 5) is 32.9. The predicted octanol–water partition coefficient (Wildman–Crippen LogP) is 2.16. The normalized spacial score (nSPS) is 13.9. The van der Waals surface area contributed by atoms with E-state index in [1.165, 1.54) is 6.33 Å². The molecule has 5 rings (SSSR count). The Kier molecular flexibility index (Phi) is 3.40. The molecule has 0 atom stereocenters. The smallest absolute Gasteiger partial charge is 0.297 e. The molecule has 4 aromatic heterocycles. The van der Waals surface area contributed by atoms with Crippen LogP contribution in [-0.4, -0.2) is 20.4 Å². The minimum atomic E-state index is -0.620. The molecule has 0 unspecified atom stereocenters. The molecule has 27 heavy (non-hydrogen) atoms. The first-order valence-corrected chi connectivity index (χ1v) is 8.79. The van der Waals surface area contributed by atoms with E-state index in [9.17, 15) is 9.59 Å². The van der Waals surface area contributed by atoms with Gasteiger partial charge in [0, 0.05) is 0 Å². The van der Waals surface area contributed by atoms with Gasteiger partial charge in [0.25, 0.3) is 5.56 Å². The van der Waals surface area contributed by atoms with E-state index in [0.29, 0.717) is 17.0 Å². The highest BCUT2D eigenvalue weighted by Gasteiger charge is 2.26. The number of fused-ring (bicyclic) bond motifs is 5. The molecular weight excluding hydrogens is 348 g/mol. The molecule has 0 aromatic carbocycles. The van der Waals surface area contributed by atoms with Crippen molar-refractivity contribution in [3.8, 4) is 11.5 Å². The Morgan fingerprint density at radius 3 is 2.81 bits per heavy atom. The van der Waals surface area contributed by atoms with Crippen LogP contribution in [-0.2, 0) is 24.2 Å². The number of hydrogen-bond donors (Lipinski definition) is 1. The van der Waals surface area contributed by atoms with Gasteiger partial charge in [-0.25, -0.2) is 9.97 Å². The third-order valence-electron chi connectivity index (χ3n) is 5.00. The maximum Gasteiger partial charge on any atom is 0.297 e. The molecule has 0 fully saturated rings.